The highest BCUT2D eigenvalue weighted by molar-refractivity contribution is 5.65. The van der Waals surface area contributed by atoms with Gasteiger partial charge in [-0.2, -0.15) is 4.98 Å². The summed E-state index contributed by atoms with van der Waals surface area (Å²) in [7, 11) is 0. The van der Waals surface area contributed by atoms with E-state index in [0.29, 0.717) is 5.95 Å². The van der Waals surface area contributed by atoms with Gasteiger partial charge >= 0.3 is 0 Å². The fraction of sp³-hybridized carbons (Fsp3) is 0.211. The Bertz CT molecular complexity index is 798. The van der Waals surface area contributed by atoms with Crippen LogP contribution in [0, 0.1) is 6.92 Å². The molecule has 122 valence electrons. The zero-order valence-corrected chi connectivity index (χ0v) is 14.1. The zero-order chi connectivity index (χ0) is 16.9. The summed E-state index contributed by atoms with van der Waals surface area (Å²) in [6.45, 7) is 6.19. The van der Waals surface area contributed by atoms with Crippen LogP contribution in [0.1, 0.15) is 19.4 Å². The monoisotopic (exact) mass is 319 g/mol. The van der Waals surface area contributed by atoms with E-state index in [1.54, 1.807) is 6.20 Å². The van der Waals surface area contributed by atoms with Crippen LogP contribution in [0.25, 0.3) is 11.4 Å². The van der Waals surface area contributed by atoms with Crippen molar-refractivity contribution in [2.45, 2.75) is 26.8 Å². The maximum atomic E-state index is 4.57. The second-order valence-electron chi connectivity index (χ2n) is 5.97. The van der Waals surface area contributed by atoms with Crippen LogP contribution in [-0.4, -0.2) is 21.0 Å². The van der Waals surface area contributed by atoms with Crippen LogP contribution in [0.5, 0.6) is 0 Å². The standard InChI is InChI=1S/C19H21N5/c1-13(2)21-19-23-17(16-6-4-5-11-20-16)12-18(24-19)22-15-9-7-14(3)8-10-15/h4-13H,1-3H3,(H2,21,22,23,24). The van der Waals surface area contributed by atoms with Gasteiger partial charge in [0, 0.05) is 24.0 Å². The van der Waals surface area contributed by atoms with Crippen molar-refractivity contribution >= 4 is 17.5 Å². The fourth-order valence-electron chi connectivity index (χ4n) is 2.26. The molecule has 2 heterocycles. The SMILES string of the molecule is Cc1ccc(Nc2cc(-c3ccccn3)nc(NC(C)C)n2)cc1. The predicted molar refractivity (Wildman–Crippen MR) is 98.5 cm³/mol. The predicted octanol–water partition coefficient (Wildman–Crippen LogP) is 4.41. The van der Waals surface area contributed by atoms with E-state index < -0.39 is 0 Å². The first-order valence-electron chi connectivity index (χ1n) is 8.01. The Hall–Kier alpha value is -2.95. The van der Waals surface area contributed by atoms with E-state index in [-0.39, 0.29) is 6.04 Å². The van der Waals surface area contributed by atoms with Gasteiger partial charge in [0.25, 0.3) is 0 Å². The summed E-state index contributed by atoms with van der Waals surface area (Å²) in [5.74, 6) is 1.32. The highest BCUT2D eigenvalue weighted by Crippen LogP contribution is 2.22. The lowest BCUT2D eigenvalue weighted by Gasteiger charge is -2.13. The number of nitrogens with one attached hydrogen (secondary N) is 2. The number of aryl methyl sites for hydroxylation is 1. The van der Waals surface area contributed by atoms with Crippen LogP contribution in [0.4, 0.5) is 17.5 Å². The summed E-state index contributed by atoms with van der Waals surface area (Å²) in [4.78, 5) is 13.5. The summed E-state index contributed by atoms with van der Waals surface area (Å²) in [5, 5.41) is 6.60. The molecule has 0 aliphatic heterocycles. The van der Waals surface area contributed by atoms with Crippen LogP contribution >= 0.6 is 0 Å². The number of benzene rings is 1. The average Bonchev–Trinajstić information content (AvgIpc) is 2.57. The Kier molecular flexibility index (Phi) is 4.70. The van der Waals surface area contributed by atoms with Gasteiger partial charge in [-0.1, -0.05) is 23.8 Å². The minimum absolute atomic E-state index is 0.246. The van der Waals surface area contributed by atoms with Gasteiger partial charge in [0.05, 0.1) is 11.4 Å². The lowest BCUT2D eigenvalue weighted by molar-refractivity contribution is 0.875. The van der Waals surface area contributed by atoms with Crippen LogP contribution < -0.4 is 10.6 Å². The molecule has 0 aliphatic rings. The summed E-state index contributed by atoms with van der Waals surface area (Å²) in [5.41, 5.74) is 3.81. The van der Waals surface area contributed by atoms with Crippen molar-refractivity contribution in [2.24, 2.45) is 0 Å². The molecule has 0 aliphatic carbocycles. The Morgan fingerprint density at radius 3 is 2.38 bits per heavy atom. The molecule has 0 unspecified atom stereocenters. The van der Waals surface area contributed by atoms with Crippen LogP contribution in [0.15, 0.2) is 54.7 Å². The van der Waals surface area contributed by atoms with Crippen molar-refractivity contribution in [1.29, 1.82) is 0 Å². The van der Waals surface area contributed by atoms with Crippen LogP contribution in [-0.2, 0) is 0 Å². The second-order valence-corrected chi connectivity index (χ2v) is 5.97. The van der Waals surface area contributed by atoms with E-state index in [0.717, 1.165) is 22.9 Å². The van der Waals surface area contributed by atoms with Crippen molar-refractivity contribution in [2.75, 3.05) is 10.6 Å². The van der Waals surface area contributed by atoms with Gasteiger partial charge in [-0.05, 0) is 45.0 Å². The molecule has 0 radical (unpaired) electrons. The molecule has 0 bridgehead atoms. The number of hydrogen-bond acceptors (Lipinski definition) is 5. The lowest BCUT2D eigenvalue weighted by atomic mass is 10.2. The Morgan fingerprint density at radius 1 is 0.917 bits per heavy atom. The highest BCUT2D eigenvalue weighted by atomic mass is 15.2. The average molecular weight is 319 g/mol. The first kappa shape index (κ1) is 15.9. The zero-order valence-electron chi connectivity index (χ0n) is 14.1. The molecule has 2 aromatic heterocycles. The van der Waals surface area contributed by atoms with Crippen LogP contribution in [0.3, 0.4) is 0 Å². The molecule has 0 amide bonds. The Balaban J connectivity index is 1.96. The third-order valence-electron chi connectivity index (χ3n) is 3.40. The molecule has 2 N–H and O–H groups in total. The largest absolute Gasteiger partial charge is 0.352 e. The molecular formula is C19H21N5. The number of hydrogen-bond donors (Lipinski definition) is 2. The van der Waals surface area contributed by atoms with Crippen molar-refractivity contribution in [1.82, 2.24) is 15.0 Å². The molecule has 0 fully saturated rings. The van der Waals surface area contributed by atoms with E-state index in [1.165, 1.54) is 5.56 Å². The maximum Gasteiger partial charge on any atom is 0.225 e. The molecule has 5 heteroatoms. The number of rotatable bonds is 5. The summed E-state index contributed by atoms with van der Waals surface area (Å²) in [6.07, 6.45) is 1.76. The van der Waals surface area contributed by atoms with E-state index in [2.05, 4.69) is 58.5 Å². The van der Waals surface area contributed by atoms with Crippen molar-refractivity contribution in [3.8, 4) is 11.4 Å². The molecule has 24 heavy (non-hydrogen) atoms. The molecular weight excluding hydrogens is 298 g/mol. The smallest absolute Gasteiger partial charge is 0.225 e. The van der Waals surface area contributed by atoms with Gasteiger partial charge in [0.1, 0.15) is 5.82 Å². The minimum Gasteiger partial charge on any atom is -0.352 e. The molecule has 0 atom stereocenters. The number of aromatic nitrogens is 3. The van der Waals surface area contributed by atoms with Gasteiger partial charge in [-0.25, -0.2) is 4.98 Å². The van der Waals surface area contributed by atoms with E-state index in [1.807, 2.05) is 36.4 Å². The van der Waals surface area contributed by atoms with E-state index in [4.69, 9.17) is 0 Å². The van der Waals surface area contributed by atoms with Crippen molar-refractivity contribution in [3.63, 3.8) is 0 Å². The molecule has 3 aromatic rings. The maximum absolute atomic E-state index is 4.57. The van der Waals surface area contributed by atoms with Gasteiger partial charge in [0.2, 0.25) is 5.95 Å². The summed E-state index contributed by atoms with van der Waals surface area (Å²) >= 11 is 0. The quantitative estimate of drug-likeness (QED) is 0.729. The first-order chi connectivity index (χ1) is 11.6. The van der Waals surface area contributed by atoms with Crippen molar-refractivity contribution < 1.29 is 0 Å². The molecule has 3 rings (SSSR count). The Labute approximate surface area is 142 Å². The molecule has 0 saturated heterocycles. The normalized spacial score (nSPS) is 10.7. The summed E-state index contributed by atoms with van der Waals surface area (Å²) in [6, 6.07) is 16.1. The highest BCUT2D eigenvalue weighted by Gasteiger charge is 2.09. The van der Waals surface area contributed by atoms with Gasteiger partial charge in [-0.3, -0.25) is 4.98 Å². The van der Waals surface area contributed by atoms with Gasteiger partial charge in [-0.15, -0.1) is 0 Å². The third kappa shape index (κ3) is 4.07. The minimum atomic E-state index is 0.246. The van der Waals surface area contributed by atoms with E-state index in [9.17, 15) is 0 Å². The lowest BCUT2D eigenvalue weighted by Crippen LogP contribution is -2.13. The number of pyridine rings is 1. The summed E-state index contributed by atoms with van der Waals surface area (Å²) < 4.78 is 0. The third-order valence-corrected chi connectivity index (χ3v) is 3.40. The number of nitrogens with zero attached hydrogens (tertiary/aromatic N) is 3. The first-order valence-corrected chi connectivity index (χ1v) is 8.01. The van der Waals surface area contributed by atoms with Gasteiger partial charge < -0.3 is 10.6 Å². The topological polar surface area (TPSA) is 62.7 Å². The second kappa shape index (κ2) is 7.08. The molecule has 5 nitrogen and oxygen atoms in total. The van der Waals surface area contributed by atoms with Gasteiger partial charge in [0.15, 0.2) is 0 Å². The molecule has 1 aromatic carbocycles. The van der Waals surface area contributed by atoms with Crippen LogP contribution in [0.2, 0.25) is 0 Å². The molecule has 0 spiro atoms. The van der Waals surface area contributed by atoms with E-state index >= 15 is 0 Å². The fourth-order valence-corrected chi connectivity index (χ4v) is 2.26. The Morgan fingerprint density at radius 2 is 1.71 bits per heavy atom. The van der Waals surface area contributed by atoms with Crippen molar-refractivity contribution in [3.05, 3.63) is 60.3 Å². The molecule has 0 saturated carbocycles. The number of anilines is 3.